The number of hydrogen-bond donors (Lipinski definition) is 6. The van der Waals surface area contributed by atoms with Crippen LogP contribution < -0.4 is 10.6 Å². The second-order valence-electron chi connectivity index (χ2n) is 7.27. The van der Waals surface area contributed by atoms with Gasteiger partial charge < -0.3 is 30.2 Å². The van der Waals surface area contributed by atoms with Crippen LogP contribution in [0.3, 0.4) is 0 Å². The predicted molar refractivity (Wildman–Crippen MR) is 129 cm³/mol. The minimum Gasteiger partial charge on any atom is -0.346 e. The van der Waals surface area contributed by atoms with E-state index in [9.17, 15) is 37.9 Å². The summed E-state index contributed by atoms with van der Waals surface area (Å²) in [5.41, 5.74) is -1.54. The van der Waals surface area contributed by atoms with Gasteiger partial charge in [0.15, 0.2) is 5.82 Å². The number of fused-ring (bicyclic) bond motifs is 1. The van der Waals surface area contributed by atoms with Crippen molar-refractivity contribution in [3.8, 4) is 11.4 Å². The first-order valence-corrected chi connectivity index (χ1v) is 14.0. The van der Waals surface area contributed by atoms with E-state index >= 15 is 0 Å². The molecule has 0 fully saturated rings. The summed E-state index contributed by atoms with van der Waals surface area (Å²) in [6, 6.07) is 12.9. The Hall–Kier alpha value is -3.02. The monoisotopic (exact) mass is 538 g/mol. The van der Waals surface area contributed by atoms with E-state index in [-0.39, 0.29) is 17.2 Å². The molecule has 2 heterocycles. The summed E-state index contributed by atoms with van der Waals surface area (Å²) in [5, 5.41) is 6.75. The van der Waals surface area contributed by atoms with Crippen molar-refractivity contribution < 1.29 is 37.9 Å². The highest BCUT2D eigenvalue weighted by Gasteiger charge is 2.44. The molecule has 6 N–H and O–H groups in total. The summed E-state index contributed by atoms with van der Waals surface area (Å²) in [6.07, 6.45) is 0. The highest BCUT2D eigenvalue weighted by molar-refractivity contribution is 7.71. The highest BCUT2D eigenvalue weighted by Crippen LogP contribution is 2.59. The van der Waals surface area contributed by atoms with E-state index in [1.54, 1.807) is 17.5 Å². The molecule has 4 rings (SSSR count). The number of nitrogens with one attached hydrogen (secondary N) is 2. The summed E-state index contributed by atoms with van der Waals surface area (Å²) < 4.78 is 36.6. The minimum atomic E-state index is -5.27. The van der Waals surface area contributed by atoms with Crippen LogP contribution in [0.25, 0.3) is 21.6 Å². The van der Waals surface area contributed by atoms with Gasteiger partial charge in [0.2, 0.25) is 5.52 Å². The van der Waals surface area contributed by atoms with Gasteiger partial charge in [0.25, 0.3) is 5.91 Å². The number of halogens is 1. The summed E-state index contributed by atoms with van der Waals surface area (Å²) in [4.78, 5) is 59.5. The van der Waals surface area contributed by atoms with Crippen LogP contribution in [0.1, 0.15) is 10.4 Å². The Labute approximate surface area is 201 Å². The fourth-order valence-corrected chi connectivity index (χ4v) is 6.03. The SMILES string of the molecule is O=C(Nc1ccc(F)cc1)c1cccc(-c2nc(NC(P(=O)(O)O)P(=O)(O)O)c3ccsc3n2)c1. The van der Waals surface area contributed by atoms with E-state index in [4.69, 9.17) is 0 Å². The molecule has 0 unspecified atom stereocenters. The normalized spacial score (nSPS) is 12.2. The lowest BCUT2D eigenvalue weighted by Gasteiger charge is -2.21. The van der Waals surface area contributed by atoms with Crippen LogP contribution in [-0.4, -0.2) is 41.0 Å². The van der Waals surface area contributed by atoms with Crippen LogP contribution in [0.4, 0.5) is 15.9 Å². The predicted octanol–water partition coefficient (Wildman–Crippen LogP) is 3.80. The standard InChI is InChI=1S/C20H17FN4O7P2S/c21-13-4-6-14(7-5-13)22-18(26)12-3-1-2-11(10-12)16-23-17(15-8-9-35-19(15)24-16)25-20(33(27,28)29)34(30,31)32/h1-10,20H,(H,22,26)(H,23,24,25)(H2,27,28,29)(H2,30,31,32). The Morgan fingerprint density at radius 1 is 0.971 bits per heavy atom. The van der Waals surface area contributed by atoms with Gasteiger partial charge in [-0.3, -0.25) is 13.9 Å². The van der Waals surface area contributed by atoms with Crippen LogP contribution in [0, 0.1) is 5.82 Å². The molecule has 0 spiro atoms. The zero-order chi connectivity index (χ0) is 25.4. The smallest absolute Gasteiger partial charge is 0.346 e. The van der Waals surface area contributed by atoms with Crippen molar-refractivity contribution in [2.24, 2.45) is 0 Å². The Morgan fingerprint density at radius 3 is 2.31 bits per heavy atom. The minimum absolute atomic E-state index is 0.0501. The summed E-state index contributed by atoms with van der Waals surface area (Å²) in [7, 11) is -10.5. The number of amides is 1. The second-order valence-corrected chi connectivity index (χ2v) is 12.0. The molecule has 4 aromatic rings. The second kappa shape index (κ2) is 9.56. The first-order chi connectivity index (χ1) is 16.4. The maximum Gasteiger partial charge on any atom is 0.360 e. The number of thiophene rings is 1. The molecule has 0 radical (unpaired) electrons. The summed E-state index contributed by atoms with van der Waals surface area (Å²) in [6.45, 7) is 0. The van der Waals surface area contributed by atoms with Crippen LogP contribution in [0.2, 0.25) is 0 Å². The first kappa shape index (κ1) is 25.1. The van der Waals surface area contributed by atoms with Gasteiger partial charge in [-0.1, -0.05) is 12.1 Å². The topological polar surface area (TPSA) is 182 Å². The van der Waals surface area contributed by atoms with E-state index < -0.39 is 32.4 Å². The van der Waals surface area contributed by atoms with E-state index in [0.29, 0.717) is 21.5 Å². The number of benzene rings is 2. The number of nitrogens with zero attached hydrogens (tertiary/aromatic N) is 2. The largest absolute Gasteiger partial charge is 0.360 e. The van der Waals surface area contributed by atoms with E-state index in [2.05, 4.69) is 20.6 Å². The van der Waals surface area contributed by atoms with Crippen molar-refractivity contribution in [1.82, 2.24) is 9.97 Å². The zero-order valence-electron chi connectivity index (χ0n) is 17.4. The molecule has 0 aliphatic heterocycles. The average Bonchev–Trinajstić information content (AvgIpc) is 3.26. The molecule has 15 heteroatoms. The maximum absolute atomic E-state index is 13.1. The molecule has 182 valence electrons. The Balaban J connectivity index is 1.70. The molecule has 0 atom stereocenters. The van der Waals surface area contributed by atoms with Crippen LogP contribution >= 0.6 is 26.5 Å². The van der Waals surface area contributed by atoms with Crippen molar-refractivity contribution in [2.45, 2.75) is 5.52 Å². The van der Waals surface area contributed by atoms with Gasteiger partial charge in [0.05, 0.1) is 5.39 Å². The summed E-state index contributed by atoms with van der Waals surface area (Å²) in [5.74, 6) is -1.08. The number of aromatic nitrogens is 2. The van der Waals surface area contributed by atoms with Crippen LogP contribution in [0.5, 0.6) is 0 Å². The average molecular weight is 538 g/mol. The highest BCUT2D eigenvalue weighted by atomic mass is 32.1. The van der Waals surface area contributed by atoms with Crippen LogP contribution in [0.15, 0.2) is 60.0 Å². The molecule has 0 aliphatic carbocycles. The zero-order valence-corrected chi connectivity index (χ0v) is 20.0. The molecule has 0 saturated heterocycles. The molecule has 0 aliphatic rings. The van der Waals surface area contributed by atoms with Gasteiger partial charge in [0, 0.05) is 16.8 Å². The van der Waals surface area contributed by atoms with E-state index in [0.717, 1.165) is 0 Å². The van der Waals surface area contributed by atoms with Gasteiger partial charge >= 0.3 is 15.2 Å². The van der Waals surface area contributed by atoms with Gasteiger partial charge in [-0.25, -0.2) is 14.4 Å². The molecule has 0 saturated carbocycles. The molecule has 1 amide bonds. The van der Waals surface area contributed by atoms with Crippen molar-refractivity contribution in [2.75, 3.05) is 10.6 Å². The lowest BCUT2D eigenvalue weighted by Crippen LogP contribution is -2.21. The number of carbonyl (C=O) groups is 1. The molecule has 2 aromatic carbocycles. The third kappa shape index (κ3) is 5.80. The quantitative estimate of drug-likeness (QED) is 0.189. The number of rotatable bonds is 7. The molecular weight excluding hydrogens is 521 g/mol. The van der Waals surface area contributed by atoms with Crippen molar-refractivity contribution >= 4 is 54.2 Å². The molecule has 35 heavy (non-hydrogen) atoms. The molecular formula is C20H17FN4O7P2S. The first-order valence-electron chi connectivity index (χ1n) is 9.71. The third-order valence-electron chi connectivity index (χ3n) is 4.71. The van der Waals surface area contributed by atoms with Crippen LogP contribution in [-0.2, 0) is 9.13 Å². The maximum atomic E-state index is 13.1. The molecule has 11 nitrogen and oxygen atoms in total. The Morgan fingerprint density at radius 2 is 1.66 bits per heavy atom. The Kier molecular flexibility index (Phi) is 6.85. The number of hydrogen-bond acceptors (Lipinski definition) is 7. The molecule has 2 aromatic heterocycles. The fourth-order valence-electron chi connectivity index (χ4n) is 3.12. The van der Waals surface area contributed by atoms with Gasteiger partial charge in [0.1, 0.15) is 16.5 Å². The lowest BCUT2D eigenvalue weighted by atomic mass is 10.1. The van der Waals surface area contributed by atoms with Gasteiger partial charge in [-0.15, -0.1) is 11.3 Å². The summed E-state index contributed by atoms with van der Waals surface area (Å²) >= 11 is 1.18. The Bertz CT molecular complexity index is 1480. The fraction of sp³-hybridized carbons (Fsp3) is 0.0500. The van der Waals surface area contributed by atoms with Crippen molar-refractivity contribution in [3.63, 3.8) is 0 Å². The van der Waals surface area contributed by atoms with E-state index in [1.807, 2.05) is 0 Å². The van der Waals surface area contributed by atoms with Gasteiger partial charge in [-0.05, 0) is 47.8 Å². The van der Waals surface area contributed by atoms with Gasteiger partial charge in [-0.2, -0.15) is 0 Å². The molecule has 0 bridgehead atoms. The van der Waals surface area contributed by atoms with Crippen molar-refractivity contribution in [3.05, 3.63) is 71.4 Å². The van der Waals surface area contributed by atoms with Crippen molar-refractivity contribution in [1.29, 1.82) is 0 Å². The third-order valence-corrected chi connectivity index (χ3v) is 8.86. The lowest BCUT2D eigenvalue weighted by molar-refractivity contribution is 0.102. The number of carbonyl (C=O) groups excluding carboxylic acids is 1. The number of anilines is 2. The van der Waals surface area contributed by atoms with E-state index in [1.165, 1.54) is 53.8 Å².